The Bertz CT molecular complexity index is 641. The number of hydrogen-bond donors (Lipinski definition) is 1. The Balaban J connectivity index is 1.79. The molecule has 0 aromatic heterocycles. The molecule has 0 bridgehead atoms. The molecule has 0 fully saturated rings. The van der Waals surface area contributed by atoms with Gasteiger partial charge in [0.05, 0.1) is 7.11 Å². The molecule has 0 heterocycles. The molecule has 1 aliphatic carbocycles. The lowest BCUT2D eigenvalue weighted by atomic mass is 10.0. The summed E-state index contributed by atoms with van der Waals surface area (Å²) in [5.41, 5.74) is 4.10. The van der Waals surface area contributed by atoms with Crippen LogP contribution in [0.3, 0.4) is 0 Å². The lowest BCUT2D eigenvalue weighted by Gasteiger charge is -2.22. The summed E-state index contributed by atoms with van der Waals surface area (Å²) in [6.45, 7) is 2.20. The Kier molecular flexibility index (Phi) is 4.32. The number of benzene rings is 2. The van der Waals surface area contributed by atoms with Crippen LogP contribution in [0.25, 0.3) is 0 Å². The first-order chi connectivity index (χ1) is 10.2. The molecular weight excluding hydrogens is 326 g/mol. The van der Waals surface area contributed by atoms with Gasteiger partial charge in [0.2, 0.25) is 0 Å². The van der Waals surface area contributed by atoms with Crippen molar-refractivity contribution < 1.29 is 4.74 Å². The van der Waals surface area contributed by atoms with Gasteiger partial charge >= 0.3 is 0 Å². The third-order valence-corrected chi connectivity index (χ3v) is 4.73. The van der Waals surface area contributed by atoms with Crippen molar-refractivity contribution in [1.29, 1.82) is 0 Å². The minimum Gasteiger partial charge on any atom is -0.496 e. The molecule has 2 unspecified atom stereocenters. The van der Waals surface area contributed by atoms with Gasteiger partial charge in [0.1, 0.15) is 5.75 Å². The third kappa shape index (κ3) is 2.99. The summed E-state index contributed by atoms with van der Waals surface area (Å²) in [5.74, 6) is 0.950. The molecule has 1 N–H and O–H groups in total. The topological polar surface area (TPSA) is 21.3 Å². The van der Waals surface area contributed by atoms with Gasteiger partial charge in [-0.05, 0) is 49.1 Å². The molecule has 21 heavy (non-hydrogen) atoms. The minimum absolute atomic E-state index is 0.265. The number of hydrogen-bond acceptors (Lipinski definition) is 2. The molecule has 0 spiro atoms. The molecule has 2 aromatic rings. The maximum Gasteiger partial charge on any atom is 0.123 e. The Labute approximate surface area is 134 Å². The lowest BCUT2D eigenvalue weighted by molar-refractivity contribution is 0.393. The number of methoxy groups -OCH3 is 1. The summed E-state index contributed by atoms with van der Waals surface area (Å²) < 4.78 is 6.64. The van der Waals surface area contributed by atoms with E-state index < -0.39 is 0 Å². The Morgan fingerprint density at radius 2 is 2.05 bits per heavy atom. The lowest BCUT2D eigenvalue weighted by Crippen LogP contribution is -2.23. The van der Waals surface area contributed by atoms with E-state index in [9.17, 15) is 0 Å². The van der Waals surface area contributed by atoms with Crippen molar-refractivity contribution in [1.82, 2.24) is 5.32 Å². The van der Waals surface area contributed by atoms with Crippen molar-refractivity contribution in [3.05, 3.63) is 63.6 Å². The van der Waals surface area contributed by atoms with Crippen LogP contribution in [0.1, 0.15) is 42.1 Å². The number of rotatable bonds is 4. The quantitative estimate of drug-likeness (QED) is 0.859. The second-order valence-corrected chi connectivity index (χ2v) is 6.48. The van der Waals surface area contributed by atoms with Crippen molar-refractivity contribution in [2.75, 3.05) is 7.11 Å². The van der Waals surface area contributed by atoms with E-state index in [1.807, 2.05) is 12.1 Å². The zero-order chi connectivity index (χ0) is 14.8. The molecule has 2 atom stereocenters. The maximum absolute atomic E-state index is 5.47. The standard InChI is InChI=1S/C18H20BrNO/c1-12(15-5-3-4-6-18(15)21-2)20-17-10-7-13-11-14(19)8-9-16(13)17/h3-6,8-9,11-12,17,20H,7,10H2,1-2H3. The Hall–Kier alpha value is -1.32. The Morgan fingerprint density at radius 3 is 2.86 bits per heavy atom. The van der Waals surface area contributed by atoms with E-state index in [2.05, 4.69) is 58.5 Å². The van der Waals surface area contributed by atoms with Crippen LogP contribution in [0.4, 0.5) is 0 Å². The molecule has 0 saturated carbocycles. The average Bonchev–Trinajstić information content (AvgIpc) is 2.89. The van der Waals surface area contributed by atoms with E-state index in [1.54, 1.807) is 7.11 Å². The molecule has 0 radical (unpaired) electrons. The van der Waals surface area contributed by atoms with Crippen molar-refractivity contribution in [2.45, 2.75) is 31.8 Å². The number of para-hydroxylation sites is 1. The Morgan fingerprint density at radius 1 is 1.24 bits per heavy atom. The van der Waals surface area contributed by atoms with Crippen molar-refractivity contribution in [3.63, 3.8) is 0 Å². The highest BCUT2D eigenvalue weighted by molar-refractivity contribution is 9.10. The largest absolute Gasteiger partial charge is 0.496 e. The number of fused-ring (bicyclic) bond motifs is 1. The van der Waals surface area contributed by atoms with Gasteiger partial charge in [0, 0.05) is 22.1 Å². The predicted molar refractivity (Wildman–Crippen MR) is 89.7 cm³/mol. The summed E-state index contributed by atoms with van der Waals surface area (Å²) in [6.07, 6.45) is 2.30. The predicted octanol–water partition coefficient (Wildman–Crippen LogP) is 4.80. The maximum atomic E-state index is 5.47. The smallest absolute Gasteiger partial charge is 0.123 e. The molecule has 0 saturated heterocycles. The summed E-state index contributed by atoms with van der Waals surface area (Å²) >= 11 is 3.55. The fourth-order valence-corrected chi connectivity index (χ4v) is 3.58. The molecular formula is C18H20BrNO. The van der Waals surface area contributed by atoms with Gasteiger partial charge in [-0.25, -0.2) is 0 Å². The van der Waals surface area contributed by atoms with Crippen LogP contribution in [0.15, 0.2) is 46.9 Å². The second kappa shape index (κ2) is 6.20. The van der Waals surface area contributed by atoms with Crippen molar-refractivity contribution in [2.24, 2.45) is 0 Å². The highest BCUT2D eigenvalue weighted by Crippen LogP contribution is 2.35. The van der Waals surface area contributed by atoms with Crippen LogP contribution < -0.4 is 10.1 Å². The molecule has 1 aliphatic rings. The van der Waals surface area contributed by atoms with E-state index in [4.69, 9.17) is 4.74 Å². The van der Waals surface area contributed by atoms with Crippen LogP contribution in [0, 0.1) is 0 Å². The summed E-state index contributed by atoms with van der Waals surface area (Å²) in [5, 5.41) is 3.75. The van der Waals surface area contributed by atoms with Crippen LogP contribution in [0.5, 0.6) is 5.75 Å². The number of halogens is 1. The van der Waals surface area contributed by atoms with E-state index >= 15 is 0 Å². The first kappa shape index (κ1) is 14.6. The van der Waals surface area contributed by atoms with Crippen LogP contribution >= 0.6 is 15.9 Å². The molecule has 3 heteroatoms. The third-order valence-electron chi connectivity index (χ3n) is 4.24. The highest BCUT2D eigenvalue weighted by atomic mass is 79.9. The van der Waals surface area contributed by atoms with Gasteiger partial charge < -0.3 is 10.1 Å². The fraction of sp³-hybridized carbons (Fsp3) is 0.333. The molecule has 2 nitrogen and oxygen atoms in total. The highest BCUT2D eigenvalue weighted by Gasteiger charge is 2.24. The normalized spacial score (nSPS) is 18.3. The SMILES string of the molecule is COc1ccccc1C(C)NC1CCc2cc(Br)ccc21. The molecule has 0 amide bonds. The second-order valence-electron chi connectivity index (χ2n) is 5.56. The number of nitrogens with one attached hydrogen (secondary N) is 1. The van der Waals surface area contributed by atoms with E-state index in [0.717, 1.165) is 18.6 Å². The van der Waals surface area contributed by atoms with E-state index in [1.165, 1.54) is 21.2 Å². The van der Waals surface area contributed by atoms with Gasteiger partial charge in [-0.2, -0.15) is 0 Å². The van der Waals surface area contributed by atoms with Gasteiger partial charge in [-0.3, -0.25) is 0 Å². The average molecular weight is 346 g/mol. The zero-order valence-electron chi connectivity index (χ0n) is 12.4. The molecule has 110 valence electrons. The van der Waals surface area contributed by atoms with Crippen LogP contribution in [-0.4, -0.2) is 7.11 Å². The fourth-order valence-electron chi connectivity index (χ4n) is 3.17. The van der Waals surface area contributed by atoms with E-state index in [0.29, 0.717) is 6.04 Å². The number of ether oxygens (including phenoxy) is 1. The monoisotopic (exact) mass is 345 g/mol. The first-order valence-corrected chi connectivity index (χ1v) is 8.15. The summed E-state index contributed by atoms with van der Waals surface area (Å²) in [6, 6.07) is 15.5. The molecule has 0 aliphatic heterocycles. The summed E-state index contributed by atoms with van der Waals surface area (Å²) in [7, 11) is 1.73. The van der Waals surface area contributed by atoms with Crippen LogP contribution in [-0.2, 0) is 6.42 Å². The van der Waals surface area contributed by atoms with Gasteiger partial charge in [0.15, 0.2) is 0 Å². The van der Waals surface area contributed by atoms with Crippen molar-refractivity contribution >= 4 is 15.9 Å². The summed E-state index contributed by atoms with van der Waals surface area (Å²) in [4.78, 5) is 0. The molecule has 2 aromatic carbocycles. The molecule has 3 rings (SSSR count). The van der Waals surface area contributed by atoms with Gasteiger partial charge in [-0.15, -0.1) is 0 Å². The van der Waals surface area contributed by atoms with Crippen molar-refractivity contribution in [3.8, 4) is 5.75 Å². The zero-order valence-corrected chi connectivity index (χ0v) is 14.0. The van der Waals surface area contributed by atoms with Gasteiger partial charge in [-0.1, -0.05) is 40.2 Å². The van der Waals surface area contributed by atoms with Gasteiger partial charge in [0.25, 0.3) is 0 Å². The van der Waals surface area contributed by atoms with E-state index in [-0.39, 0.29) is 6.04 Å². The first-order valence-electron chi connectivity index (χ1n) is 7.36. The minimum atomic E-state index is 0.265. The number of aryl methyl sites for hydroxylation is 1. The van der Waals surface area contributed by atoms with Crippen LogP contribution in [0.2, 0.25) is 0 Å².